The van der Waals surface area contributed by atoms with Gasteiger partial charge in [0.05, 0.1) is 17.7 Å². The maximum absolute atomic E-state index is 12.2. The Labute approximate surface area is 160 Å². The molecule has 6 nitrogen and oxygen atoms in total. The number of rotatable bonds is 11. The van der Waals surface area contributed by atoms with E-state index >= 15 is 0 Å². The predicted octanol–water partition coefficient (Wildman–Crippen LogP) is 4.28. The molecule has 0 aromatic heterocycles. The second kappa shape index (κ2) is 11.7. The molecule has 2 unspecified atom stereocenters. The molecule has 2 rings (SSSR count). The molecule has 1 saturated heterocycles. The van der Waals surface area contributed by atoms with E-state index in [0.29, 0.717) is 13.2 Å². The summed E-state index contributed by atoms with van der Waals surface area (Å²) in [4.78, 5) is 23.4. The van der Waals surface area contributed by atoms with Gasteiger partial charge in [-0.05, 0) is 50.2 Å². The lowest BCUT2D eigenvalue weighted by Gasteiger charge is -2.22. The summed E-state index contributed by atoms with van der Waals surface area (Å²) in [5.74, 6) is -1.45. The third-order valence-electron chi connectivity index (χ3n) is 4.85. The number of aromatic carboxylic acids is 1. The van der Waals surface area contributed by atoms with Crippen LogP contribution in [-0.2, 0) is 14.2 Å². The standard InChI is InChI=1S/C21H30O6/c1-2-16(9-5-7-13-25-19-12-6-8-14-26-19)15-27-21(24)18-11-4-3-10-17(18)20(22)23/h3-4,10-11,16,19H,2,5-9,12-15H2,1H3,(H,22,23). The zero-order valence-corrected chi connectivity index (χ0v) is 16.0. The molecule has 0 aliphatic carbocycles. The number of esters is 1. The quantitative estimate of drug-likeness (QED) is 0.457. The largest absolute Gasteiger partial charge is 0.478 e. The van der Waals surface area contributed by atoms with Gasteiger partial charge in [0, 0.05) is 13.2 Å². The smallest absolute Gasteiger partial charge is 0.339 e. The molecule has 0 saturated carbocycles. The zero-order chi connectivity index (χ0) is 19.5. The number of carboxylic acid groups (broad SMARTS) is 1. The molecule has 0 spiro atoms. The van der Waals surface area contributed by atoms with Crippen molar-refractivity contribution in [1.82, 2.24) is 0 Å². The third-order valence-corrected chi connectivity index (χ3v) is 4.85. The van der Waals surface area contributed by atoms with Crippen LogP contribution in [0.3, 0.4) is 0 Å². The Morgan fingerprint density at radius 2 is 2.00 bits per heavy atom. The number of hydrogen-bond acceptors (Lipinski definition) is 5. The predicted molar refractivity (Wildman–Crippen MR) is 101 cm³/mol. The number of unbranched alkanes of at least 4 members (excludes halogenated alkanes) is 1. The van der Waals surface area contributed by atoms with E-state index in [1.807, 2.05) is 0 Å². The molecule has 1 aromatic carbocycles. The molecule has 0 amide bonds. The summed E-state index contributed by atoms with van der Waals surface area (Å²) >= 11 is 0. The number of hydrogen-bond donors (Lipinski definition) is 1. The Kier molecular flexibility index (Phi) is 9.28. The van der Waals surface area contributed by atoms with Crippen LogP contribution in [0.5, 0.6) is 0 Å². The Morgan fingerprint density at radius 1 is 1.22 bits per heavy atom. The summed E-state index contributed by atoms with van der Waals surface area (Å²) in [5.41, 5.74) is 0.0679. The maximum atomic E-state index is 12.2. The first-order valence-corrected chi connectivity index (χ1v) is 9.84. The topological polar surface area (TPSA) is 82.1 Å². The van der Waals surface area contributed by atoms with Crippen molar-refractivity contribution >= 4 is 11.9 Å². The summed E-state index contributed by atoms with van der Waals surface area (Å²) in [5, 5.41) is 9.17. The molecule has 1 fully saturated rings. The lowest BCUT2D eigenvalue weighted by Crippen LogP contribution is -2.22. The summed E-state index contributed by atoms with van der Waals surface area (Å²) in [6.45, 7) is 3.85. The Balaban J connectivity index is 1.67. The van der Waals surface area contributed by atoms with Crippen molar-refractivity contribution in [3.05, 3.63) is 35.4 Å². The average molecular weight is 378 g/mol. The van der Waals surface area contributed by atoms with Crippen molar-refractivity contribution in [2.45, 2.75) is 58.2 Å². The second-order valence-electron chi connectivity index (χ2n) is 6.89. The number of carboxylic acids is 1. The van der Waals surface area contributed by atoms with Crippen LogP contribution in [0.15, 0.2) is 24.3 Å². The highest BCUT2D eigenvalue weighted by atomic mass is 16.7. The van der Waals surface area contributed by atoms with Gasteiger partial charge in [-0.1, -0.05) is 31.9 Å². The maximum Gasteiger partial charge on any atom is 0.339 e. The molecule has 1 N–H and O–H groups in total. The fourth-order valence-electron chi connectivity index (χ4n) is 3.12. The van der Waals surface area contributed by atoms with E-state index in [4.69, 9.17) is 14.2 Å². The molecule has 1 aliphatic rings. The molecule has 0 radical (unpaired) electrons. The SMILES string of the molecule is CCC(CCCCOC1CCCCO1)COC(=O)c1ccccc1C(=O)O. The summed E-state index contributed by atoms with van der Waals surface area (Å²) in [6, 6.07) is 6.12. The van der Waals surface area contributed by atoms with Gasteiger partial charge in [0.15, 0.2) is 6.29 Å². The molecule has 1 aromatic rings. The zero-order valence-electron chi connectivity index (χ0n) is 16.0. The number of carbonyl (C=O) groups excluding carboxylic acids is 1. The van der Waals surface area contributed by atoms with Gasteiger partial charge in [0.1, 0.15) is 0 Å². The lowest BCUT2D eigenvalue weighted by molar-refractivity contribution is -0.162. The molecule has 0 bridgehead atoms. The molecule has 1 heterocycles. The van der Waals surface area contributed by atoms with Crippen LogP contribution in [0.4, 0.5) is 0 Å². The monoisotopic (exact) mass is 378 g/mol. The summed E-state index contributed by atoms with van der Waals surface area (Å²) < 4.78 is 16.6. The van der Waals surface area contributed by atoms with E-state index in [9.17, 15) is 14.7 Å². The van der Waals surface area contributed by atoms with Crippen LogP contribution in [-0.4, -0.2) is 43.2 Å². The first kappa shape index (κ1) is 21.4. The Bertz CT molecular complexity index is 594. The highest BCUT2D eigenvalue weighted by Crippen LogP contribution is 2.17. The first-order chi connectivity index (χ1) is 13.1. The molecule has 6 heteroatoms. The first-order valence-electron chi connectivity index (χ1n) is 9.84. The highest BCUT2D eigenvalue weighted by Gasteiger charge is 2.18. The van der Waals surface area contributed by atoms with Crippen molar-refractivity contribution in [2.75, 3.05) is 19.8 Å². The van der Waals surface area contributed by atoms with Gasteiger partial charge in [-0.3, -0.25) is 0 Å². The molecule has 2 atom stereocenters. The minimum absolute atomic E-state index is 0.0300. The van der Waals surface area contributed by atoms with E-state index in [1.165, 1.54) is 18.6 Å². The van der Waals surface area contributed by atoms with Gasteiger partial charge in [0.25, 0.3) is 0 Å². The fraction of sp³-hybridized carbons (Fsp3) is 0.619. The fourth-order valence-corrected chi connectivity index (χ4v) is 3.12. The van der Waals surface area contributed by atoms with Gasteiger partial charge in [0.2, 0.25) is 0 Å². The van der Waals surface area contributed by atoms with Crippen LogP contribution in [0.25, 0.3) is 0 Å². The third kappa shape index (κ3) is 7.31. The average Bonchev–Trinajstić information content (AvgIpc) is 2.70. The van der Waals surface area contributed by atoms with Gasteiger partial charge >= 0.3 is 11.9 Å². The van der Waals surface area contributed by atoms with Crippen LogP contribution >= 0.6 is 0 Å². The lowest BCUT2D eigenvalue weighted by atomic mass is 10.0. The summed E-state index contributed by atoms with van der Waals surface area (Å²) in [7, 11) is 0. The molecular weight excluding hydrogens is 348 g/mol. The molecular formula is C21H30O6. The summed E-state index contributed by atoms with van der Waals surface area (Å²) in [6.07, 6.45) is 7.01. The van der Waals surface area contributed by atoms with Crippen molar-refractivity contribution in [3.8, 4) is 0 Å². The van der Waals surface area contributed by atoms with Gasteiger partial charge in [-0.25, -0.2) is 9.59 Å². The van der Waals surface area contributed by atoms with E-state index in [1.54, 1.807) is 12.1 Å². The minimum Gasteiger partial charge on any atom is -0.478 e. The highest BCUT2D eigenvalue weighted by molar-refractivity contribution is 6.02. The van der Waals surface area contributed by atoms with Crippen LogP contribution < -0.4 is 0 Å². The molecule has 27 heavy (non-hydrogen) atoms. The van der Waals surface area contributed by atoms with Crippen molar-refractivity contribution in [2.24, 2.45) is 5.92 Å². The van der Waals surface area contributed by atoms with Crippen molar-refractivity contribution in [3.63, 3.8) is 0 Å². The van der Waals surface area contributed by atoms with Crippen molar-refractivity contribution in [1.29, 1.82) is 0 Å². The molecule has 1 aliphatic heterocycles. The normalized spacial score (nSPS) is 18.0. The Morgan fingerprint density at radius 3 is 2.67 bits per heavy atom. The number of benzene rings is 1. The molecule has 150 valence electrons. The van der Waals surface area contributed by atoms with Gasteiger partial charge in [-0.15, -0.1) is 0 Å². The van der Waals surface area contributed by atoms with Gasteiger partial charge < -0.3 is 19.3 Å². The number of ether oxygens (including phenoxy) is 3. The minimum atomic E-state index is -1.13. The Hall–Kier alpha value is -1.92. The number of carbonyl (C=O) groups is 2. The van der Waals surface area contributed by atoms with Gasteiger partial charge in [-0.2, -0.15) is 0 Å². The van der Waals surface area contributed by atoms with Crippen LogP contribution in [0, 0.1) is 5.92 Å². The van der Waals surface area contributed by atoms with E-state index in [-0.39, 0.29) is 23.3 Å². The van der Waals surface area contributed by atoms with E-state index in [2.05, 4.69) is 6.92 Å². The van der Waals surface area contributed by atoms with E-state index < -0.39 is 11.9 Å². The second-order valence-corrected chi connectivity index (χ2v) is 6.89. The van der Waals surface area contributed by atoms with Crippen molar-refractivity contribution < 1.29 is 28.9 Å². The van der Waals surface area contributed by atoms with Crippen LogP contribution in [0.1, 0.15) is 72.6 Å². The van der Waals surface area contributed by atoms with Crippen LogP contribution in [0.2, 0.25) is 0 Å². The van der Waals surface area contributed by atoms with E-state index in [0.717, 1.165) is 45.1 Å².